The van der Waals surface area contributed by atoms with Crippen molar-refractivity contribution >= 4 is 11.1 Å². The fraction of sp³-hybridized carbons (Fsp3) is 0.800. The van der Waals surface area contributed by atoms with E-state index in [0.29, 0.717) is 0 Å². The topological polar surface area (TPSA) is 61.1 Å². The van der Waals surface area contributed by atoms with Gasteiger partial charge in [-0.3, -0.25) is 0 Å². The maximum Gasteiger partial charge on any atom is 0.390 e. The lowest BCUT2D eigenvalue weighted by molar-refractivity contribution is -0.134. The smallest absolute Gasteiger partial charge is 0.306 e. The SMILES string of the molecule is N#CCC(CC(F)(F)F)S(=O)O. The van der Waals surface area contributed by atoms with Gasteiger partial charge < -0.3 is 4.55 Å². The van der Waals surface area contributed by atoms with Crippen LogP contribution in [0.15, 0.2) is 0 Å². The molecule has 3 nitrogen and oxygen atoms in total. The van der Waals surface area contributed by atoms with E-state index in [1.807, 2.05) is 0 Å². The lowest BCUT2D eigenvalue weighted by atomic mass is 10.2. The summed E-state index contributed by atoms with van der Waals surface area (Å²) in [5.74, 6) is 0. The van der Waals surface area contributed by atoms with Gasteiger partial charge in [0.1, 0.15) is 0 Å². The van der Waals surface area contributed by atoms with E-state index in [1.165, 1.54) is 6.07 Å². The van der Waals surface area contributed by atoms with Crippen LogP contribution in [0.5, 0.6) is 0 Å². The van der Waals surface area contributed by atoms with Gasteiger partial charge in [0.05, 0.1) is 24.2 Å². The number of rotatable bonds is 3. The highest BCUT2D eigenvalue weighted by molar-refractivity contribution is 7.79. The first-order valence-corrected chi connectivity index (χ1v) is 4.07. The number of halogens is 3. The quantitative estimate of drug-likeness (QED) is 0.703. The molecular weight excluding hydrogens is 195 g/mol. The summed E-state index contributed by atoms with van der Waals surface area (Å²) in [6.45, 7) is 0. The first-order chi connectivity index (χ1) is 5.37. The fourth-order valence-electron chi connectivity index (χ4n) is 0.575. The molecule has 0 aliphatic heterocycles. The van der Waals surface area contributed by atoms with Crippen molar-refractivity contribution in [1.29, 1.82) is 5.26 Å². The van der Waals surface area contributed by atoms with Crippen molar-refractivity contribution in [1.82, 2.24) is 0 Å². The molecule has 0 saturated carbocycles. The number of nitrogens with zero attached hydrogens (tertiary/aromatic N) is 1. The van der Waals surface area contributed by atoms with E-state index < -0.39 is 35.3 Å². The molecule has 0 saturated heterocycles. The van der Waals surface area contributed by atoms with Gasteiger partial charge in [-0.1, -0.05) is 0 Å². The van der Waals surface area contributed by atoms with Crippen molar-refractivity contribution in [2.75, 3.05) is 0 Å². The molecule has 0 radical (unpaired) electrons. The first-order valence-electron chi connectivity index (χ1n) is 2.90. The standard InChI is InChI=1S/C5H6F3NO2S/c6-5(7,8)3-4(1-2-9)12(10)11/h4H,1,3H2,(H,10,11). The van der Waals surface area contributed by atoms with Gasteiger partial charge in [0, 0.05) is 0 Å². The first kappa shape index (κ1) is 11.4. The zero-order valence-corrected chi connectivity index (χ0v) is 6.65. The van der Waals surface area contributed by atoms with E-state index in [4.69, 9.17) is 9.81 Å². The van der Waals surface area contributed by atoms with Gasteiger partial charge in [-0.2, -0.15) is 18.4 Å². The maximum atomic E-state index is 11.6. The van der Waals surface area contributed by atoms with Crippen molar-refractivity contribution < 1.29 is 21.9 Å². The molecule has 0 aliphatic rings. The highest BCUT2D eigenvalue weighted by Crippen LogP contribution is 2.24. The Morgan fingerprint density at radius 3 is 2.33 bits per heavy atom. The number of hydrogen-bond acceptors (Lipinski definition) is 2. The number of alkyl halides is 3. The van der Waals surface area contributed by atoms with Gasteiger partial charge in [-0.05, 0) is 0 Å². The molecule has 7 heteroatoms. The van der Waals surface area contributed by atoms with Crippen molar-refractivity contribution in [3.05, 3.63) is 0 Å². The molecule has 12 heavy (non-hydrogen) atoms. The second kappa shape index (κ2) is 4.42. The molecule has 70 valence electrons. The molecular formula is C5H6F3NO2S. The zero-order chi connectivity index (χ0) is 9.78. The average molecular weight is 201 g/mol. The minimum absolute atomic E-state index is 0.567. The Hall–Kier alpha value is -0.610. The summed E-state index contributed by atoms with van der Waals surface area (Å²) >= 11 is -2.59. The van der Waals surface area contributed by atoms with E-state index >= 15 is 0 Å². The predicted octanol–water partition coefficient (Wildman–Crippen LogP) is 1.44. The zero-order valence-electron chi connectivity index (χ0n) is 5.84. The molecule has 0 spiro atoms. The summed E-state index contributed by atoms with van der Waals surface area (Å²) in [7, 11) is 0. The van der Waals surface area contributed by atoms with Gasteiger partial charge >= 0.3 is 6.18 Å². The summed E-state index contributed by atoms with van der Waals surface area (Å²) in [6.07, 6.45) is -6.47. The van der Waals surface area contributed by atoms with E-state index in [-0.39, 0.29) is 0 Å². The van der Waals surface area contributed by atoms with Crippen LogP contribution in [0.4, 0.5) is 13.2 Å². The third-order valence-corrected chi connectivity index (χ3v) is 1.97. The minimum atomic E-state index is -4.50. The summed E-state index contributed by atoms with van der Waals surface area (Å²) in [4.78, 5) is 0. The minimum Gasteiger partial charge on any atom is -0.306 e. The van der Waals surface area contributed by atoms with E-state index in [2.05, 4.69) is 0 Å². The van der Waals surface area contributed by atoms with E-state index in [0.717, 1.165) is 0 Å². The largest absolute Gasteiger partial charge is 0.390 e. The molecule has 0 aliphatic carbocycles. The molecule has 2 atom stereocenters. The van der Waals surface area contributed by atoms with Crippen LogP contribution in [-0.4, -0.2) is 20.2 Å². The normalized spacial score (nSPS) is 16.6. The summed E-state index contributed by atoms with van der Waals surface area (Å²) in [5.41, 5.74) is 0. The third kappa shape index (κ3) is 5.09. The fourth-order valence-corrected chi connectivity index (χ4v) is 1.12. The Bertz CT molecular complexity index is 210. The second-order valence-electron chi connectivity index (χ2n) is 2.08. The lowest BCUT2D eigenvalue weighted by Gasteiger charge is -2.11. The average Bonchev–Trinajstić information content (AvgIpc) is 1.83. The molecule has 1 N–H and O–H groups in total. The van der Waals surface area contributed by atoms with Crippen molar-refractivity contribution in [3.8, 4) is 6.07 Å². The molecule has 2 unspecified atom stereocenters. The molecule has 0 rings (SSSR count). The van der Waals surface area contributed by atoms with Gasteiger partial charge in [0.15, 0.2) is 11.1 Å². The highest BCUT2D eigenvalue weighted by atomic mass is 32.2. The van der Waals surface area contributed by atoms with E-state index in [9.17, 15) is 17.4 Å². The van der Waals surface area contributed by atoms with Crippen LogP contribution in [-0.2, 0) is 11.1 Å². The summed E-state index contributed by atoms with van der Waals surface area (Å²) < 4.78 is 53.5. The van der Waals surface area contributed by atoms with E-state index in [1.54, 1.807) is 0 Å². The van der Waals surface area contributed by atoms with Gasteiger partial charge in [0.25, 0.3) is 0 Å². The Labute approximate surface area is 69.5 Å². The Morgan fingerprint density at radius 1 is 1.58 bits per heavy atom. The van der Waals surface area contributed by atoms with Crippen molar-refractivity contribution in [3.63, 3.8) is 0 Å². The summed E-state index contributed by atoms with van der Waals surface area (Å²) in [5, 5.41) is 6.49. The van der Waals surface area contributed by atoms with Gasteiger partial charge in [-0.25, -0.2) is 4.21 Å². The molecule has 0 aromatic rings. The number of nitriles is 1. The highest BCUT2D eigenvalue weighted by Gasteiger charge is 2.34. The molecule has 0 bridgehead atoms. The van der Waals surface area contributed by atoms with Gasteiger partial charge in [-0.15, -0.1) is 0 Å². The van der Waals surface area contributed by atoms with Crippen LogP contribution >= 0.6 is 0 Å². The maximum absolute atomic E-state index is 11.6. The monoisotopic (exact) mass is 201 g/mol. The molecule has 0 aromatic heterocycles. The van der Waals surface area contributed by atoms with Crippen LogP contribution in [0.1, 0.15) is 12.8 Å². The Morgan fingerprint density at radius 2 is 2.08 bits per heavy atom. The van der Waals surface area contributed by atoms with Crippen LogP contribution in [0.2, 0.25) is 0 Å². The third-order valence-electron chi connectivity index (χ3n) is 1.06. The van der Waals surface area contributed by atoms with Gasteiger partial charge in [0.2, 0.25) is 0 Å². The molecule has 0 heterocycles. The van der Waals surface area contributed by atoms with Crippen molar-refractivity contribution in [2.45, 2.75) is 24.3 Å². The number of hydrogen-bond donors (Lipinski definition) is 1. The van der Waals surface area contributed by atoms with Crippen LogP contribution < -0.4 is 0 Å². The van der Waals surface area contributed by atoms with Crippen LogP contribution in [0.25, 0.3) is 0 Å². The molecule has 0 fully saturated rings. The molecule has 0 amide bonds. The Kier molecular flexibility index (Phi) is 4.20. The van der Waals surface area contributed by atoms with Crippen LogP contribution in [0, 0.1) is 11.3 Å². The Balaban J connectivity index is 4.16. The second-order valence-corrected chi connectivity index (χ2v) is 3.30. The summed E-state index contributed by atoms with van der Waals surface area (Å²) in [6, 6.07) is 1.42. The lowest BCUT2D eigenvalue weighted by Crippen LogP contribution is -2.23. The molecule has 0 aromatic carbocycles. The van der Waals surface area contributed by atoms with Crippen molar-refractivity contribution in [2.24, 2.45) is 0 Å². The van der Waals surface area contributed by atoms with Crippen LogP contribution in [0.3, 0.4) is 0 Å². The predicted molar refractivity (Wildman–Crippen MR) is 35.5 cm³/mol.